The van der Waals surface area contributed by atoms with Gasteiger partial charge in [-0.15, -0.1) is 0 Å². The van der Waals surface area contributed by atoms with Crippen LogP contribution in [0.5, 0.6) is 0 Å². The highest BCUT2D eigenvalue weighted by molar-refractivity contribution is 5.54. The third kappa shape index (κ3) is 1.93. The summed E-state index contributed by atoms with van der Waals surface area (Å²) in [6.45, 7) is 0.490. The molecular weight excluding hydrogens is 221 g/mol. The third-order valence-corrected chi connectivity index (χ3v) is 2.94. The standard InChI is InChI=1S/C12H12FN3O/c13-9-3-1-8(2-4-9)12-14-11-6-5-10(17)7-16(11)15-12/h1-4,10,17H,5-7H2. The zero-order chi connectivity index (χ0) is 11.8. The summed E-state index contributed by atoms with van der Waals surface area (Å²) in [6, 6.07) is 6.11. The van der Waals surface area contributed by atoms with Crippen LogP contribution in [0.4, 0.5) is 4.39 Å². The quantitative estimate of drug-likeness (QED) is 0.809. The zero-order valence-electron chi connectivity index (χ0n) is 9.17. The minimum absolute atomic E-state index is 0.270. The fraction of sp³-hybridized carbons (Fsp3) is 0.333. The molecule has 1 atom stereocenters. The van der Waals surface area contributed by atoms with Crippen LogP contribution in [0.2, 0.25) is 0 Å². The fourth-order valence-electron chi connectivity index (χ4n) is 2.01. The Labute approximate surface area is 97.7 Å². The van der Waals surface area contributed by atoms with E-state index >= 15 is 0 Å². The number of hydrogen-bond donors (Lipinski definition) is 1. The molecule has 88 valence electrons. The van der Waals surface area contributed by atoms with Gasteiger partial charge < -0.3 is 5.11 Å². The Balaban J connectivity index is 1.97. The van der Waals surface area contributed by atoms with Gasteiger partial charge in [0.05, 0.1) is 12.6 Å². The minimum atomic E-state index is -0.342. The molecule has 0 saturated heterocycles. The zero-order valence-corrected chi connectivity index (χ0v) is 9.17. The second kappa shape index (κ2) is 3.92. The minimum Gasteiger partial charge on any atom is -0.391 e. The van der Waals surface area contributed by atoms with Crippen molar-refractivity contribution in [2.45, 2.75) is 25.5 Å². The molecule has 2 heterocycles. The Morgan fingerprint density at radius 1 is 1.29 bits per heavy atom. The molecule has 2 aromatic rings. The fourth-order valence-corrected chi connectivity index (χ4v) is 2.01. The van der Waals surface area contributed by atoms with E-state index in [0.29, 0.717) is 12.4 Å². The molecular formula is C12H12FN3O. The van der Waals surface area contributed by atoms with Crippen molar-refractivity contribution in [2.75, 3.05) is 0 Å². The van der Waals surface area contributed by atoms with E-state index < -0.39 is 0 Å². The van der Waals surface area contributed by atoms with Crippen molar-refractivity contribution in [3.63, 3.8) is 0 Å². The SMILES string of the molecule is OC1CCc2nc(-c3ccc(F)cc3)nn2C1. The normalized spacial score (nSPS) is 19.1. The lowest BCUT2D eigenvalue weighted by atomic mass is 10.1. The van der Waals surface area contributed by atoms with Crippen LogP contribution in [-0.4, -0.2) is 26.0 Å². The van der Waals surface area contributed by atoms with E-state index in [2.05, 4.69) is 10.1 Å². The van der Waals surface area contributed by atoms with Gasteiger partial charge in [0.25, 0.3) is 0 Å². The summed E-state index contributed by atoms with van der Waals surface area (Å²) in [7, 11) is 0. The molecule has 0 saturated carbocycles. The van der Waals surface area contributed by atoms with Gasteiger partial charge in [-0.3, -0.25) is 0 Å². The molecule has 0 spiro atoms. The molecule has 5 heteroatoms. The molecule has 0 radical (unpaired) electrons. The second-order valence-corrected chi connectivity index (χ2v) is 4.23. The van der Waals surface area contributed by atoms with Crippen molar-refractivity contribution in [1.82, 2.24) is 14.8 Å². The number of nitrogens with zero attached hydrogens (tertiary/aromatic N) is 3. The molecule has 0 aliphatic carbocycles. The smallest absolute Gasteiger partial charge is 0.181 e. The lowest BCUT2D eigenvalue weighted by Gasteiger charge is -2.16. The van der Waals surface area contributed by atoms with Gasteiger partial charge in [0.2, 0.25) is 0 Å². The molecule has 0 bridgehead atoms. The van der Waals surface area contributed by atoms with E-state index in [4.69, 9.17) is 0 Å². The number of benzene rings is 1. The lowest BCUT2D eigenvalue weighted by Crippen LogP contribution is -2.25. The van der Waals surface area contributed by atoms with Gasteiger partial charge in [-0.05, 0) is 30.7 Å². The largest absolute Gasteiger partial charge is 0.391 e. The Hall–Kier alpha value is -1.75. The van der Waals surface area contributed by atoms with E-state index in [1.165, 1.54) is 12.1 Å². The molecule has 17 heavy (non-hydrogen) atoms. The van der Waals surface area contributed by atoms with Crippen molar-refractivity contribution in [3.05, 3.63) is 35.9 Å². The highest BCUT2D eigenvalue weighted by atomic mass is 19.1. The van der Waals surface area contributed by atoms with Gasteiger partial charge in [0.1, 0.15) is 11.6 Å². The topological polar surface area (TPSA) is 50.9 Å². The van der Waals surface area contributed by atoms with Crippen molar-refractivity contribution in [3.8, 4) is 11.4 Å². The maximum absolute atomic E-state index is 12.8. The maximum atomic E-state index is 12.8. The number of aliphatic hydroxyl groups is 1. The van der Waals surface area contributed by atoms with Gasteiger partial charge in [0, 0.05) is 12.0 Å². The van der Waals surface area contributed by atoms with Crippen molar-refractivity contribution < 1.29 is 9.50 Å². The Kier molecular flexibility index (Phi) is 2.40. The van der Waals surface area contributed by atoms with Gasteiger partial charge in [-0.25, -0.2) is 14.1 Å². The average molecular weight is 233 g/mol. The first-order chi connectivity index (χ1) is 8.22. The number of halogens is 1. The van der Waals surface area contributed by atoms with Gasteiger partial charge in [-0.2, -0.15) is 5.10 Å². The Morgan fingerprint density at radius 3 is 2.82 bits per heavy atom. The second-order valence-electron chi connectivity index (χ2n) is 4.23. The number of aromatic nitrogens is 3. The molecule has 0 fully saturated rings. The van der Waals surface area contributed by atoms with Crippen LogP contribution < -0.4 is 0 Å². The summed E-state index contributed by atoms with van der Waals surface area (Å²) < 4.78 is 14.5. The van der Waals surface area contributed by atoms with Crippen LogP contribution in [0.25, 0.3) is 11.4 Å². The summed E-state index contributed by atoms with van der Waals surface area (Å²) in [5.41, 5.74) is 0.794. The molecule has 1 N–H and O–H groups in total. The summed E-state index contributed by atoms with van der Waals surface area (Å²) >= 11 is 0. The van der Waals surface area contributed by atoms with Crippen LogP contribution >= 0.6 is 0 Å². The monoisotopic (exact) mass is 233 g/mol. The van der Waals surface area contributed by atoms with Crippen LogP contribution in [0.3, 0.4) is 0 Å². The number of aliphatic hydroxyl groups excluding tert-OH is 1. The molecule has 1 unspecified atom stereocenters. The highest BCUT2D eigenvalue weighted by Gasteiger charge is 2.20. The van der Waals surface area contributed by atoms with Gasteiger partial charge >= 0.3 is 0 Å². The molecule has 1 aromatic carbocycles. The van der Waals surface area contributed by atoms with Crippen molar-refractivity contribution >= 4 is 0 Å². The predicted molar refractivity (Wildman–Crippen MR) is 59.7 cm³/mol. The van der Waals surface area contributed by atoms with E-state index in [9.17, 15) is 9.50 Å². The van der Waals surface area contributed by atoms with Crippen molar-refractivity contribution in [2.24, 2.45) is 0 Å². The number of fused-ring (bicyclic) bond motifs is 1. The van der Waals surface area contributed by atoms with Crippen LogP contribution in [-0.2, 0) is 13.0 Å². The lowest BCUT2D eigenvalue weighted by molar-refractivity contribution is 0.124. The summed E-state index contributed by atoms with van der Waals surface area (Å²) in [4.78, 5) is 4.40. The van der Waals surface area contributed by atoms with Crippen LogP contribution in [0, 0.1) is 5.82 Å². The molecule has 3 rings (SSSR count). The van der Waals surface area contributed by atoms with E-state index in [-0.39, 0.29) is 11.9 Å². The van der Waals surface area contributed by atoms with E-state index in [1.807, 2.05) is 0 Å². The van der Waals surface area contributed by atoms with Crippen LogP contribution in [0.1, 0.15) is 12.2 Å². The van der Waals surface area contributed by atoms with Gasteiger partial charge in [-0.1, -0.05) is 0 Å². The van der Waals surface area contributed by atoms with Crippen LogP contribution in [0.15, 0.2) is 24.3 Å². The average Bonchev–Trinajstić information content (AvgIpc) is 2.72. The van der Waals surface area contributed by atoms with Crippen molar-refractivity contribution in [1.29, 1.82) is 0 Å². The molecule has 1 aromatic heterocycles. The first-order valence-corrected chi connectivity index (χ1v) is 5.60. The first-order valence-electron chi connectivity index (χ1n) is 5.60. The number of aryl methyl sites for hydroxylation is 1. The molecule has 0 amide bonds. The summed E-state index contributed by atoms with van der Waals surface area (Å²) in [6.07, 6.45) is 1.11. The predicted octanol–water partition coefficient (Wildman–Crippen LogP) is 1.39. The van der Waals surface area contributed by atoms with Gasteiger partial charge in [0.15, 0.2) is 5.82 Å². The highest BCUT2D eigenvalue weighted by Crippen LogP contribution is 2.19. The molecule has 1 aliphatic rings. The number of rotatable bonds is 1. The Morgan fingerprint density at radius 2 is 2.06 bits per heavy atom. The number of hydrogen-bond acceptors (Lipinski definition) is 3. The third-order valence-electron chi connectivity index (χ3n) is 2.94. The maximum Gasteiger partial charge on any atom is 0.181 e. The van der Waals surface area contributed by atoms with E-state index in [1.54, 1.807) is 16.8 Å². The van der Waals surface area contributed by atoms with E-state index in [0.717, 1.165) is 24.2 Å². The first kappa shape index (κ1) is 10.4. The summed E-state index contributed by atoms with van der Waals surface area (Å²) in [5, 5.41) is 13.9. The molecule has 1 aliphatic heterocycles. The molecule has 4 nitrogen and oxygen atoms in total. The Bertz CT molecular complexity index is 535. The summed E-state index contributed by atoms with van der Waals surface area (Å²) in [5.74, 6) is 1.21.